The van der Waals surface area contributed by atoms with Gasteiger partial charge in [0, 0.05) is 58.0 Å². The number of nitrogens with zero attached hydrogens (tertiary/aromatic N) is 4. The van der Waals surface area contributed by atoms with Gasteiger partial charge in [0.15, 0.2) is 0 Å². The predicted molar refractivity (Wildman–Crippen MR) is 318 cm³/mol. The van der Waals surface area contributed by atoms with Crippen molar-refractivity contribution in [2.24, 2.45) is 0 Å². The summed E-state index contributed by atoms with van der Waals surface area (Å²) in [5.74, 6) is -0.368. The van der Waals surface area contributed by atoms with E-state index in [-0.39, 0.29) is 29.5 Å². The smallest absolute Gasteiger partial charge is 0.137 e. The summed E-state index contributed by atoms with van der Waals surface area (Å²) in [5.41, 5.74) is 15.2. The lowest BCUT2D eigenvalue weighted by molar-refractivity contribution is 0.483. The molecule has 0 fully saturated rings. The van der Waals surface area contributed by atoms with E-state index in [0.29, 0.717) is 22.7 Å². The van der Waals surface area contributed by atoms with E-state index >= 15 is 8.78 Å². The minimum Gasteiger partial charge on any atom is -0.457 e. The molecule has 0 amide bonds. The number of hydrogen-bond donors (Lipinski definition) is 0. The highest BCUT2D eigenvalue weighted by Gasteiger charge is 2.35. The Morgan fingerprint density at radius 3 is 1.77 bits per heavy atom. The number of pyridine rings is 1. The highest BCUT2D eigenvalue weighted by molar-refractivity contribution is 6.09. The highest BCUT2D eigenvalue weighted by atomic mass is 19.1. The molecule has 5 nitrogen and oxygen atoms in total. The predicted octanol–water partition coefficient (Wildman–Crippen LogP) is 20.1. The summed E-state index contributed by atoms with van der Waals surface area (Å²) in [5, 5.41) is 2.21. The van der Waals surface area contributed by atoms with Gasteiger partial charge in [0.1, 0.15) is 41.4 Å². The maximum Gasteiger partial charge on any atom is 0.137 e. The lowest BCUT2D eigenvalue weighted by Gasteiger charge is -2.31. The number of anilines is 4. The summed E-state index contributed by atoms with van der Waals surface area (Å²) >= 11 is 0. The molecule has 3 heterocycles. The van der Waals surface area contributed by atoms with E-state index in [9.17, 15) is 4.39 Å². The number of aryl methyl sites for hydroxylation is 2. The Bertz CT molecular complexity index is 3920. The molecule has 1 aliphatic heterocycles. The normalized spacial score (nSPS) is 12.9. The van der Waals surface area contributed by atoms with Crippen LogP contribution in [0.25, 0.3) is 61.0 Å². The van der Waals surface area contributed by atoms with E-state index in [1.807, 2.05) is 30.5 Å². The second-order valence-corrected chi connectivity index (χ2v) is 24.0. The van der Waals surface area contributed by atoms with Crippen LogP contribution in [0.2, 0.25) is 0 Å². The van der Waals surface area contributed by atoms with Crippen molar-refractivity contribution in [1.82, 2.24) is 9.55 Å². The van der Waals surface area contributed by atoms with Crippen molar-refractivity contribution >= 4 is 44.6 Å². The summed E-state index contributed by atoms with van der Waals surface area (Å²) < 4.78 is 57.6. The molecule has 394 valence electrons. The summed E-state index contributed by atoms with van der Waals surface area (Å²) in [7, 11) is 0. The molecule has 0 saturated carbocycles. The third-order valence-electron chi connectivity index (χ3n) is 15.4. The first-order valence-electron chi connectivity index (χ1n) is 27.1. The van der Waals surface area contributed by atoms with Crippen LogP contribution in [0.5, 0.6) is 11.5 Å². The first-order chi connectivity index (χ1) is 37.1. The third kappa shape index (κ3) is 9.71. The molecule has 0 spiro atoms. The topological polar surface area (TPSA) is 33.5 Å². The summed E-state index contributed by atoms with van der Waals surface area (Å²) in [6.07, 6.45) is 1.89. The Morgan fingerprint density at radius 1 is 0.513 bits per heavy atom. The van der Waals surface area contributed by atoms with Crippen LogP contribution in [0, 0.1) is 31.3 Å². The van der Waals surface area contributed by atoms with Gasteiger partial charge in [-0.25, -0.2) is 18.2 Å². The quantitative estimate of drug-likeness (QED) is 0.137. The molecule has 10 aromatic rings. The van der Waals surface area contributed by atoms with E-state index in [1.165, 1.54) is 5.56 Å². The van der Waals surface area contributed by atoms with Crippen molar-refractivity contribution < 1.29 is 17.9 Å². The van der Waals surface area contributed by atoms with E-state index < -0.39 is 22.9 Å². The van der Waals surface area contributed by atoms with Gasteiger partial charge in [-0.3, -0.25) is 4.57 Å². The largest absolute Gasteiger partial charge is 0.457 e. The standard InChI is InChI=1S/C70H67F3N4O/c1-41(2)45-28-46(42(3)4)30-49(29-45)58-33-51(70(10,11)12)34-59(67-60(72)36-52(71)37-61(67)73)68(58)76-40-75(63-19-15-16-20-64(63)76)53-31-48(47-26-43(5)25-44(6)27-47)32-55(38-53)78-54-21-22-57-56-17-13-14-18-62(56)77(65(57)39-54)66-35-50(23-24-74-66)69(7,8)9/h13-39,41-42H,40H2,1-12H3. The van der Waals surface area contributed by atoms with Crippen LogP contribution in [0.4, 0.5) is 35.9 Å². The molecule has 0 bridgehead atoms. The zero-order chi connectivity index (χ0) is 55.1. The Morgan fingerprint density at radius 2 is 1.12 bits per heavy atom. The molecule has 1 aliphatic rings. The van der Waals surface area contributed by atoms with Crippen molar-refractivity contribution in [2.75, 3.05) is 16.5 Å². The summed E-state index contributed by atoms with van der Waals surface area (Å²) in [4.78, 5) is 9.34. The second kappa shape index (κ2) is 19.7. The van der Waals surface area contributed by atoms with Crippen molar-refractivity contribution in [3.63, 3.8) is 0 Å². The maximum atomic E-state index is 16.7. The number of para-hydroxylation sites is 3. The molecular weight excluding hydrogens is 970 g/mol. The average Bonchev–Trinajstić information content (AvgIpc) is 4.03. The van der Waals surface area contributed by atoms with Gasteiger partial charge < -0.3 is 14.5 Å². The van der Waals surface area contributed by atoms with Gasteiger partial charge in [-0.05, 0) is 142 Å². The fourth-order valence-corrected chi connectivity index (χ4v) is 11.2. The van der Waals surface area contributed by atoms with Crippen molar-refractivity contribution in [3.05, 3.63) is 215 Å². The molecule has 0 atom stereocenters. The van der Waals surface area contributed by atoms with Gasteiger partial charge in [0.25, 0.3) is 0 Å². The lowest BCUT2D eigenvalue weighted by atomic mass is 9.81. The Kier molecular flexibility index (Phi) is 13.1. The van der Waals surface area contributed by atoms with Gasteiger partial charge in [0.05, 0.1) is 33.7 Å². The Hall–Kier alpha value is -8.10. The molecule has 78 heavy (non-hydrogen) atoms. The van der Waals surface area contributed by atoms with Gasteiger partial charge in [0.2, 0.25) is 0 Å². The van der Waals surface area contributed by atoms with Gasteiger partial charge in [-0.1, -0.05) is 147 Å². The number of ether oxygens (including phenoxy) is 1. The van der Waals surface area contributed by atoms with E-state index in [2.05, 4.69) is 219 Å². The molecule has 0 radical (unpaired) electrons. The van der Waals surface area contributed by atoms with Crippen LogP contribution in [0.15, 0.2) is 164 Å². The molecule has 0 unspecified atom stereocenters. The Balaban J connectivity index is 1.11. The molecule has 8 aromatic carbocycles. The van der Waals surface area contributed by atoms with Crippen LogP contribution < -0.4 is 14.5 Å². The van der Waals surface area contributed by atoms with E-state index in [4.69, 9.17) is 9.72 Å². The van der Waals surface area contributed by atoms with Gasteiger partial charge >= 0.3 is 0 Å². The minimum absolute atomic E-state index is 0.0764. The first-order valence-corrected chi connectivity index (χ1v) is 27.1. The first kappa shape index (κ1) is 52.0. The fraction of sp³-hybridized carbons (Fsp3) is 0.243. The fourth-order valence-electron chi connectivity index (χ4n) is 11.2. The molecule has 0 saturated heterocycles. The number of halogens is 3. The van der Waals surface area contributed by atoms with Crippen LogP contribution >= 0.6 is 0 Å². The molecule has 0 aliphatic carbocycles. The van der Waals surface area contributed by atoms with Gasteiger partial charge in [-0.15, -0.1) is 0 Å². The van der Waals surface area contributed by atoms with Crippen LogP contribution in [0.3, 0.4) is 0 Å². The summed E-state index contributed by atoms with van der Waals surface area (Å²) in [6, 6.07) is 52.4. The lowest BCUT2D eigenvalue weighted by Crippen LogP contribution is -2.25. The monoisotopic (exact) mass is 1040 g/mol. The third-order valence-corrected chi connectivity index (χ3v) is 15.4. The van der Waals surface area contributed by atoms with Crippen LogP contribution in [-0.4, -0.2) is 16.2 Å². The molecule has 0 N–H and O–H groups in total. The van der Waals surface area contributed by atoms with Crippen LogP contribution in [-0.2, 0) is 10.8 Å². The average molecular weight is 1040 g/mol. The number of benzene rings is 8. The van der Waals surface area contributed by atoms with Gasteiger partial charge in [-0.2, -0.15) is 0 Å². The van der Waals surface area contributed by atoms with E-state index in [1.54, 1.807) is 0 Å². The summed E-state index contributed by atoms with van der Waals surface area (Å²) in [6.45, 7) is 26.2. The molecule has 8 heteroatoms. The highest BCUT2D eigenvalue weighted by Crippen LogP contribution is 2.53. The number of hydrogen-bond acceptors (Lipinski definition) is 4. The maximum absolute atomic E-state index is 16.7. The minimum atomic E-state index is -0.974. The second-order valence-electron chi connectivity index (χ2n) is 24.0. The zero-order valence-corrected chi connectivity index (χ0v) is 46.8. The van der Waals surface area contributed by atoms with Crippen LogP contribution in [0.1, 0.15) is 114 Å². The van der Waals surface area contributed by atoms with E-state index in [0.717, 1.165) is 107 Å². The zero-order valence-electron chi connectivity index (χ0n) is 46.8. The number of aromatic nitrogens is 2. The molecule has 2 aromatic heterocycles. The Labute approximate surface area is 457 Å². The number of rotatable bonds is 10. The van der Waals surface area contributed by atoms with Crippen molar-refractivity contribution in [3.8, 4) is 50.7 Å². The SMILES string of the molecule is Cc1cc(C)cc(-c2cc(Oc3ccc4c5ccccc5n(-c5cc(C(C)(C)C)ccn5)c4c3)cc(N3CN(c4c(-c5cc(C(C)C)cc(C(C)C)c5)cc(C(C)(C)C)cc4-c4c(F)cc(F)cc4F)c4ccccc43)c2)c1. The number of fused-ring (bicyclic) bond motifs is 4. The van der Waals surface area contributed by atoms with Crippen molar-refractivity contribution in [2.45, 2.75) is 106 Å². The molecule has 11 rings (SSSR count). The molecular formula is C70H67F3N4O. The van der Waals surface area contributed by atoms with Crippen molar-refractivity contribution in [1.29, 1.82) is 0 Å².